The number of carbonyl (C=O) groups is 5. The summed E-state index contributed by atoms with van der Waals surface area (Å²) in [5, 5.41) is 11.9. The van der Waals surface area contributed by atoms with Crippen molar-refractivity contribution >= 4 is 30.3 Å². The number of nitrogens with zero attached hydrogens (tertiary/aromatic N) is 3. The number of benzene rings is 4. The zero-order valence-electron chi connectivity index (χ0n) is 34.0. The average molecular weight is 825 g/mol. The number of carbonyl (C=O) groups excluding carboxylic acids is 4. The van der Waals surface area contributed by atoms with Crippen molar-refractivity contribution in [3.63, 3.8) is 0 Å². The van der Waals surface area contributed by atoms with E-state index in [4.69, 9.17) is 18.9 Å². The minimum atomic E-state index is -0.959. The summed E-state index contributed by atoms with van der Waals surface area (Å²) in [5.41, 5.74) is 3.38. The van der Waals surface area contributed by atoms with Crippen molar-refractivity contribution in [1.82, 2.24) is 20.0 Å². The molecule has 0 unspecified atom stereocenters. The predicted molar refractivity (Wildman–Crippen MR) is 225 cm³/mol. The Labute approximate surface area is 352 Å². The second-order valence-electron chi connectivity index (χ2n) is 14.0. The molecule has 0 fully saturated rings. The molecule has 2 N–H and O–H groups in total. The van der Waals surface area contributed by atoms with Crippen LogP contribution in [0.15, 0.2) is 121 Å². The quantitative estimate of drug-likeness (QED) is 0.0491. The van der Waals surface area contributed by atoms with Gasteiger partial charge in [0, 0.05) is 52.2 Å². The number of amides is 4. The molecule has 320 valence electrons. The van der Waals surface area contributed by atoms with E-state index in [1.54, 1.807) is 9.80 Å². The van der Waals surface area contributed by atoms with Crippen molar-refractivity contribution in [2.75, 3.05) is 45.8 Å². The van der Waals surface area contributed by atoms with Gasteiger partial charge >= 0.3 is 30.3 Å². The highest BCUT2D eigenvalue weighted by molar-refractivity contribution is 5.69. The second-order valence-corrected chi connectivity index (χ2v) is 14.0. The average Bonchev–Trinajstić information content (AvgIpc) is 3.28. The number of carboxylic acids is 1. The van der Waals surface area contributed by atoms with E-state index in [-0.39, 0.29) is 65.4 Å². The number of carboxylic acid groups (broad SMARTS) is 1. The number of unbranched alkanes of at least 4 members (excludes halogenated alkanes) is 1. The van der Waals surface area contributed by atoms with Crippen molar-refractivity contribution in [2.24, 2.45) is 0 Å². The fourth-order valence-corrected chi connectivity index (χ4v) is 6.03. The van der Waals surface area contributed by atoms with Gasteiger partial charge in [0.05, 0.1) is 0 Å². The van der Waals surface area contributed by atoms with E-state index < -0.39 is 30.3 Å². The Hall–Kier alpha value is -6.57. The highest BCUT2D eigenvalue weighted by atomic mass is 16.6. The molecule has 0 spiro atoms. The highest BCUT2D eigenvalue weighted by Gasteiger charge is 2.20. The molecule has 4 rings (SSSR count). The Morgan fingerprint density at radius 2 is 0.733 bits per heavy atom. The van der Waals surface area contributed by atoms with Crippen molar-refractivity contribution < 1.29 is 48.0 Å². The lowest BCUT2D eigenvalue weighted by Crippen LogP contribution is -2.38. The first-order valence-electron chi connectivity index (χ1n) is 20.3. The lowest BCUT2D eigenvalue weighted by atomic mass is 10.2. The molecule has 0 atom stereocenters. The van der Waals surface area contributed by atoms with Gasteiger partial charge in [-0.2, -0.15) is 0 Å². The molecule has 4 aromatic rings. The van der Waals surface area contributed by atoms with Gasteiger partial charge < -0.3 is 44.1 Å². The van der Waals surface area contributed by atoms with E-state index in [0.29, 0.717) is 45.3 Å². The largest absolute Gasteiger partial charge is 0.481 e. The predicted octanol–water partition coefficient (Wildman–Crippen LogP) is 8.25. The number of nitrogens with one attached hydrogen (secondary N) is 1. The van der Waals surface area contributed by atoms with Gasteiger partial charge in [0.1, 0.15) is 26.4 Å². The fourth-order valence-electron chi connectivity index (χ4n) is 6.03. The van der Waals surface area contributed by atoms with Gasteiger partial charge in [0.15, 0.2) is 0 Å². The summed E-state index contributed by atoms with van der Waals surface area (Å²) in [5.74, 6) is -0.959. The normalized spacial score (nSPS) is 10.5. The first-order valence-corrected chi connectivity index (χ1v) is 20.3. The van der Waals surface area contributed by atoms with Crippen LogP contribution < -0.4 is 5.32 Å². The first-order chi connectivity index (χ1) is 29.3. The summed E-state index contributed by atoms with van der Waals surface area (Å²) in [6.07, 6.45) is -0.102. The molecular formula is C46H56N4O10. The van der Waals surface area contributed by atoms with Crippen LogP contribution in [0.2, 0.25) is 0 Å². The summed E-state index contributed by atoms with van der Waals surface area (Å²) >= 11 is 0. The number of ether oxygens (including phenoxy) is 4. The van der Waals surface area contributed by atoms with Crippen molar-refractivity contribution in [3.05, 3.63) is 144 Å². The topological polar surface area (TPSA) is 164 Å². The Morgan fingerprint density at radius 3 is 1.10 bits per heavy atom. The molecule has 0 saturated carbocycles. The van der Waals surface area contributed by atoms with Gasteiger partial charge in [-0.1, -0.05) is 121 Å². The van der Waals surface area contributed by atoms with Crippen molar-refractivity contribution in [2.45, 2.75) is 65.0 Å². The van der Waals surface area contributed by atoms with E-state index in [1.165, 1.54) is 4.90 Å². The minimum Gasteiger partial charge on any atom is -0.481 e. The molecule has 14 heteroatoms. The van der Waals surface area contributed by atoms with Gasteiger partial charge in [-0.05, 0) is 54.4 Å². The fraction of sp³-hybridized carbons (Fsp3) is 0.370. The third kappa shape index (κ3) is 18.8. The van der Waals surface area contributed by atoms with Gasteiger partial charge in [-0.25, -0.2) is 19.2 Å². The van der Waals surface area contributed by atoms with Crippen molar-refractivity contribution in [1.29, 1.82) is 0 Å². The maximum absolute atomic E-state index is 13.4. The molecule has 0 heterocycles. The Kier molecular flexibility index (Phi) is 20.9. The molecular weight excluding hydrogens is 769 g/mol. The van der Waals surface area contributed by atoms with Crippen LogP contribution in [-0.2, 0) is 50.2 Å². The number of alkyl carbamates (subject to hydrolysis) is 1. The smallest absolute Gasteiger partial charge is 0.410 e. The molecule has 0 bridgehead atoms. The molecule has 0 aliphatic carbocycles. The number of aliphatic carboxylic acids is 1. The molecule has 4 aromatic carbocycles. The summed E-state index contributed by atoms with van der Waals surface area (Å²) in [7, 11) is 0. The van der Waals surface area contributed by atoms with Crippen molar-refractivity contribution in [3.8, 4) is 0 Å². The maximum atomic E-state index is 13.4. The van der Waals surface area contributed by atoms with Crippen LogP contribution in [-0.4, -0.2) is 96.0 Å². The van der Waals surface area contributed by atoms with Gasteiger partial charge in [-0.15, -0.1) is 0 Å². The second kappa shape index (κ2) is 27.2. The van der Waals surface area contributed by atoms with Crippen LogP contribution in [0.4, 0.5) is 19.2 Å². The molecule has 60 heavy (non-hydrogen) atoms. The van der Waals surface area contributed by atoms with Crippen LogP contribution in [0.25, 0.3) is 0 Å². The van der Waals surface area contributed by atoms with E-state index in [2.05, 4.69) is 5.32 Å². The standard InChI is InChI=1S/C46H56N4O10/c51-42(52)26-15-30-50(46(56)60-37-41-24-11-4-12-25-41)33-17-32-49(45(55)59-36-40-22-9-3-10-23-40)29-14-13-28-48(44(54)58-35-39-20-7-2-8-21-39)31-16-27-47-43(53)57-34-38-18-5-1-6-19-38/h1-12,18-25H,13-17,26-37H2,(H,47,53)(H,51,52). The summed E-state index contributed by atoms with van der Waals surface area (Å²) < 4.78 is 22.2. The van der Waals surface area contributed by atoms with Gasteiger partial charge in [-0.3, -0.25) is 4.79 Å². The molecule has 0 aliphatic heterocycles. The summed E-state index contributed by atoms with van der Waals surface area (Å²) in [4.78, 5) is 68.0. The van der Waals surface area contributed by atoms with E-state index in [0.717, 1.165) is 22.3 Å². The minimum absolute atomic E-state index is 0.0711. The number of hydrogen-bond donors (Lipinski definition) is 2. The molecule has 4 amide bonds. The van der Waals surface area contributed by atoms with E-state index >= 15 is 0 Å². The summed E-state index contributed by atoms with van der Waals surface area (Å²) in [6.45, 7) is 2.31. The van der Waals surface area contributed by atoms with Crippen LogP contribution in [0.3, 0.4) is 0 Å². The number of hydrogen-bond acceptors (Lipinski definition) is 9. The monoisotopic (exact) mass is 824 g/mol. The SMILES string of the molecule is O=C(O)CCCN(CCCN(CCCCN(CCCNC(=O)OCc1ccccc1)C(=O)OCc1ccccc1)C(=O)OCc1ccccc1)C(=O)OCc1ccccc1. The lowest BCUT2D eigenvalue weighted by molar-refractivity contribution is -0.137. The summed E-state index contributed by atoms with van der Waals surface area (Å²) in [6, 6.07) is 37.3. The molecule has 0 aromatic heterocycles. The molecule has 0 saturated heterocycles. The van der Waals surface area contributed by atoms with E-state index in [9.17, 15) is 29.1 Å². The third-order valence-electron chi connectivity index (χ3n) is 9.26. The molecule has 14 nitrogen and oxygen atoms in total. The Bertz CT molecular complexity index is 1850. The zero-order chi connectivity index (χ0) is 42.6. The van der Waals surface area contributed by atoms with Gasteiger partial charge in [0.2, 0.25) is 0 Å². The van der Waals surface area contributed by atoms with Crippen LogP contribution in [0.5, 0.6) is 0 Å². The van der Waals surface area contributed by atoms with Crippen LogP contribution in [0.1, 0.15) is 60.8 Å². The maximum Gasteiger partial charge on any atom is 0.410 e. The highest BCUT2D eigenvalue weighted by Crippen LogP contribution is 2.11. The molecule has 0 aliphatic rings. The van der Waals surface area contributed by atoms with Crippen LogP contribution >= 0.6 is 0 Å². The van der Waals surface area contributed by atoms with Crippen LogP contribution in [0, 0.1) is 0 Å². The number of rotatable bonds is 25. The van der Waals surface area contributed by atoms with Gasteiger partial charge in [0.25, 0.3) is 0 Å². The van der Waals surface area contributed by atoms with E-state index in [1.807, 2.05) is 121 Å². The Balaban J connectivity index is 1.32. The first kappa shape index (κ1) is 46.1. The Morgan fingerprint density at radius 1 is 0.417 bits per heavy atom. The zero-order valence-corrected chi connectivity index (χ0v) is 34.0. The third-order valence-corrected chi connectivity index (χ3v) is 9.26. The molecule has 0 radical (unpaired) electrons. The lowest BCUT2D eigenvalue weighted by Gasteiger charge is -2.26.